The number of hydrogen-bond donors (Lipinski definition) is 2. The number of methoxy groups -OCH3 is 1. The lowest BCUT2D eigenvalue weighted by molar-refractivity contribution is 0.414. The van der Waals surface area contributed by atoms with Crippen molar-refractivity contribution in [3.63, 3.8) is 0 Å². The van der Waals surface area contributed by atoms with Crippen LogP contribution in [-0.2, 0) is 0 Å². The molecule has 0 unspecified atom stereocenters. The highest BCUT2D eigenvalue weighted by Gasteiger charge is 2.09. The second kappa shape index (κ2) is 8.14. The summed E-state index contributed by atoms with van der Waals surface area (Å²) in [5, 5.41) is 13.6. The van der Waals surface area contributed by atoms with Crippen LogP contribution in [0.15, 0.2) is 47.6 Å². The normalized spacial score (nSPS) is 11.4. The minimum Gasteiger partial charge on any atom is -0.496 e. The lowest BCUT2D eigenvalue weighted by atomic mass is 10.2. The summed E-state index contributed by atoms with van der Waals surface area (Å²) >= 11 is 0. The Labute approximate surface area is 168 Å². The summed E-state index contributed by atoms with van der Waals surface area (Å²) in [4.78, 5) is 9.96. The van der Waals surface area contributed by atoms with Crippen molar-refractivity contribution >= 4 is 39.9 Å². The van der Waals surface area contributed by atoms with Crippen LogP contribution in [0.1, 0.15) is 19.4 Å². The molecule has 8 nitrogen and oxygen atoms in total. The molecule has 0 aliphatic rings. The highest BCUT2D eigenvalue weighted by atomic mass is 16.5. The van der Waals surface area contributed by atoms with Gasteiger partial charge in [-0.25, -0.2) is 5.43 Å². The first-order chi connectivity index (χ1) is 14.2. The molecule has 0 spiro atoms. The second-order valence-corrected chi connectivity index (χ2v) is 6.47. The van der Waals surface area contributed by atoms with Crippen molar-refractivity contribution in [2.45, 2.75) is 13.8 Å². The molecule has 0 fully saturated rings. The number of hydrogen-bond acceptors (Lipinski definition) is 7. The summed E-state index contributed by atoms with van der Waals surface area (Å²) in [6, 6.07) is 14.0. The van der Waals surface area contributed by atoms with E-state index < -0.39 is 0 Å². The summed E-state index contributed by atoms with van der Waals surface area (Å²) in [6.07, 6.45) is 1.68. The Hall–Kier alpha value is -3.68. The van der Waals surface area contributed by atoms with Crippen molar-refractivity contribution in [1.82, 2.24) is 20.2 Å². The fraction of sp³-hybridized carbons (Fsp3) is 0.238. The van der Waals surface area contributed by atoms with Gasteiger partial charge in [-0.15, -0.1) is 10.2 Å². The number of aromatic amines is 1. The number of anilines is 2. The van der Waals surface area contributed by atoms with Gasteiger partial charge in [-0.05, 0) is 32.0 Å². The number of fused-ring (bicyclic) bond motifs is 3. The zero-order valence-corrected chi connectivity index (χ0v) is 16.7. The van der Waals surface area contributed by atoms with Gasteiger partial charge in [-0.1, -0.05) is 18.2 Å². The van der Waals surface area contributed by atoms with Gasteiger partial charge in [0.2, 0.25) is 0 Å². The van der Waals surface area contributed by atoms with Gasteiger partial charge in [-0.2, -0.15) is 10.1 Å². The van der Waals surface area contributed by atoms with Crippen LogP contribution in [0.25, 0.3) is 22.1 Å². The van der Waals surface area contributed by atoms with Gasteiger partial charge in [-0.3, -0.25) is 0 Å². The molecule has 8 heteroatoms. The van der Waals surface area contributed by atoms with Gasteiger partial charge in [0.25, 0.3) is 5.95 Å². The van der Waals surface area contributed by atoms with Gasteiger partial charge < -0.3 is 14.6 Å². The van der Waals surface area contributed by atoms with Crippen LogP contribution in [0.5, 0.6) is 5.75 Å². The molecule has 0 saturated heterocycles. The molecule has 2 N–H and O–H groups in total. The molecular formula is C21H23N7O. The van der Waals surface area contributed by atoms with Crippen molar-refractivity contribution in [2.75, 3.05) is 30.5 Å². The van der Waals surface area contributed by atoms with E-state index >= 15 is 0 Å². The number of ether oxygens (including phenoxy) is 1. The first kappa shape index (κ1) is 18.7. The molecule has 0 bridgehead atoms. The maximum atomic E-state index is 5.52. The zero-order chi connectivity index (χ0) is 20.2. The van der Waals surface area contributed by atoms with E-state index in [0.29, 0.717) is 11.6 Å². The molecule has 0 aliphatic heterocycles. The third-order valence-corrected chi connectivity index (χ3v) is 4.84. The number of benzene rings is 2. The van der Waals surface area contributed by atoms with E-state index in [0.717, 1.165) is 46.5 Å². The SMILES string of the molecule is CCN(CC)c1ccc(C=NNc2nnc3c(n2)[nH]c2ccccc23)c(OC)c1. The Morgan fingerprint density at radius 3 is 2.76 bits per heavy atom. The van der Waals surface area contributed by atoms with Crippen LogP contribution in [0.4, 0.5) is 11.6 Å². The lowest BCUT2D eigenvalue weighted by Crippen LogP contribution is -2.21. The summed E-state index contributed by atoms with van der Waals surface area (Å²) < 4.78 is 5.52. The fourth-order valence-electron chi connectivity index (χ4n) is 3.32. The van der Waals surface area contributed by atoms with Gasteiger partial charge in [0.1, 0.15) is 11.3 Å². The molecule has 148 valence electrons. The molecule has 0 radical (unpaired) electrons. The zero-order valence-electron chi connectivity index (χ0n) is 16.7. The van der Waals surface area contributed by atoms with Crippen molar-refractivity contribution in [1.29, 1.82) is 0 Å². The molecular weight excluding hydrogens is 366 g/mol. The number of nitrogens with zero attached hydrogens (tertiary/aromatic N) is 5. The highest BCUT2D eigenvalue weighted by molar-refractivity contribution is 6.03. The standard InChI is InChI=1S/C21H23N7O/c1-4-28(5-2)15-11-10-14(18(12-15)29-3)13-22-26-21-24-20-19(25-27-21)16-8-6-7-9-17(16)23-20/h6-13H,4-5H2,1-3H3,(H2,23,24,26,27). The maximum Gasteiger partial charge on any atom is 0.265 e. The van der Waals surface area contributed by atoms with Crippen LogP contribution in [0.2, 0.25) is 0 Å². The maximum absolute atomic E-state index is 5.52. The third kappa shape index (κ3) is 3.69. The molecule has 0 saturated carbocycles. The third-order valence-electron chi connectivity index (χ3n) is 4.84. The quantitative estimate of drug-likeness (QED) is 0.369. The minimum absolute atomic E-state index is 0.319. The van der Waals surface area contributed by atoms with Crippen molar-refractivity contribution in [3.05, 3.63) is 48.0 Å². The lowest BCUT2D eigenvalue weighted by Gasteiger charge is -2.21. The van der Waals surface area contributed by atoms with E-state index in [1.54, 1.807) is 13.3 Å². The Morgan fingerprint density at radius 2 is 1.97 bits per heavy atom. The van der Waals surface area contributed by atoms with Crippen LogP contribution < -0.4 is 15.1 Å². The Morgan fingerprint density at radius 1 is 1.14 bits per heavy atom. The number of para-hydroxylation sites is 1. The van der Waals surface area contributed by atoms with Crippen molar-refractivity contribution in [3.8, 4) is 5.75 Å². The van der Waals surface area contributed by atoms with Crippen molar-refractivity contribution in [2.24, 2.45) is 5.10 Å². The number of nitrogens with one attached hydrogen (secondary N) is 2. The first-order valence-corrected chi connectivity index (χ1v) is 9.56. The molecule has 0 amide bonds. The van der Waals surface area contributed by atoms with E-state index in [4.69, 9.17) is 4.74 Å². The number of hydrazone groups is 1. The number of H-pyrrole nitrogens is 1. The summed E-state index contributed by atoms with van der Waals surface area (Å²) in [6.45, 7) is 6.14. The van der Waals surface area contributed by atoms with Gasteiger partial charge in [0, 0.05) is 41.3 Å². The van der Waals surface area contributed by atoms with Crippen LogP contribution in [0, 0.1) is 0 Å². The monoisotopic (exact) mass is 389 g/mol. The van der Waals surface area contributed by atoms with E-state index in [-0.39, 0.29) is 0 Å². The average molecular weight is 389 g/mol. The highest BCUT2D eigenvalue weighted by Crippen LogP contribution is 2.25. The van der Waals surface area contributed by atoms with Crippen molar-refractivity contribution < 1.29 is 4.74 Å². The molecule has 4 aromatic rings. The molecule has 0 aliphatic carbocycles. The topological polar surface area (TPSA) is 91.3 Å². The van der Waals surface area contributed by atoms with E-state index in [2.05, 4.69) is 55.5 Å². The second-order valence-electron chi connectivity index (χ2n) is 6.47. The average Bonchev–Trinajstić information content (AvgIpc) is 3.13. The predicted octanol–water partition coefficient (Wildman–Crippen LogP) is 3.81. The molecule has 2 aromatic heterocycles. The molecule has 29 heavy (non-hydrogen) atoms. The fourth-order valence-corrected chi connectivity index (χ4v) is 3.32. The van der Waals surface area contributed by atoms with Crippen LogP contribution >= 0.6 is 0 Å². The molecule has 2 heterocycles. The minimum atomic E-state index is 0.319. The van der Waals surface area contributed by atoms with Crippen LogP contribution in [0.3, 0.4) is 0 Å². The largest absolute Gasteiger partial charge is 0.496 e. The van der Waals surface area contributed by atoms with E-state index in [9.17, 15) is 0 Å². The van der Waals surface area contributed by atoms with E-state index in [1.165, 1.54) is 0 Å². The molecule has 4 rings (SSSR count). The first-order valence-electron chi connectivity index (χ1n) is 9.56. The molecule has 2 aromatic carbocycles. The summed E-state index contributed by atoms with van der Waals surface area (Å²) in [7, 11) is 1.66. The Bertz CT molecular complexity index is 1160. The van der Waals surface area contributed by atoms with Gasteiger partial charge in [0.15, 0.2) is 5.65 Å². The summed E-state index contributed by atoms with van der Waals surface area (Å²) in [5.41, 5.74) is 7.20. The van der Waals surface area contributed by atoms with Crippen LogP contribution in [-0.4, -0.2) is 46.6 Å². The molecule has 0 atom stereocenters. The Balaban J connectivity index is 1.54. The summed E-state index contributed by atoms with van der Waals surface area (Å²) in [5.74, 6) is 1.07. The van der Waals surface area contributed by atoms with Gasteiger partial charge in [0.05, 0.1) is 13.3 Å². The predicted molar refractivity (Wildman–Crippen MR) is 117 cm³/mol. The van der Waals surface area contributed by atoms with E-state index in [1.807, 2.05) is 36.4 Å². The van der Waals surface area contributed by atoms with Gasteiger partial charge >= 0.3 is 0 Å². The Kier molecular flexibility index (Phi) is 5.24. The smallest absolute Gasteiger partial charge is 0.265 e. The number of rotatable bonds is 7. The number of aromatic nitrogens is 4.